The third kappa shape index (κ3) is 5.88. The molecule has 8 nitrogen and oxygen atoms in total. The molecule has 0 aliphatic heterocycles. The molecule has 1 aromatic rings. The van der Waals surface area contributed by atoms with Gasteiger partial charge in [0, 0.05) is 5.69 Å². The quantitative estimate of drug-likeness (QED) is 0.777. The fourth-order valence-corrected chi connectivity index (χ4v) is 2.00. The zero-order chi connectivity index (χ0) is 18.1. The van der Waals surface area contributed by atoms with Crippen LogP contribution in [0.4, 0.5) is 10.5 Å². The molecular weight excluding hydrogens is 314 g/mol. The number of carbonyl (C=O) groups excluding carboxylic acids is 3. The molecule has 0 bridgehead atoms. The predicted octanol–water partition coefficient (Wildman–Crippen LogP) is 1.23. The summed E-state index contributed by atoms with van der Waals surface area (Å²) >= 11 is 0. The zero-order valence-electron chi connectivity index (χ0n) is 14.3. The fourth-order valence-electron chi connectivity index (χ4n) is 2.00. The third-order valence-corrected chi connectivity index (χ3v) is 3.46. The summed E-state index contributed by atoms with van der Waals surface area (Å²) in [5.41, 5.74) is 0.628. The van der Waals surface area contributed by atoms with Crippen molar-refractivity contribution in [2.45, 2.75) is 19.9 Å². The highest BCUT2D eigenvalue weighted by molar-refractivity contribution is 5.96. The van der Waals surface area contributed by atoms with E-state index in [1.54, 1.807) is 43.2 Å². The summed E-state index contributed by atoms with van der Waals surface area (Å²) in [6.07, 6.45) is -0.828. The van der Waals surface area contributed by atoms with E-state index in [1.807, 2.05) is 6.92 Å². The minimum atomic E-state index is -0.828. The molecule has 0 saturated heterocycles. The van der Waals surface area contributed by atoms with Gasteiger partial charge < -0.3 is 14.8 Å². The Bertz CT molecular complexity index is 574. The number of anilines is 1. The van der Waals surface area contributed by atoms with Crippen LogP contribution in [0, 0.1) is 0 Å². The van der Waals surface area contributed by atoms with Crippen molar-refractivity contribution in [3.05, 3.63) is 24.3 Å². The number of hydrogen-bond donors (Lipinski definition) is 2. The first-order valence-corrected chi connectivity index (χ1v) is 7.48. The van der Waals surface area contributed by atoms with Gasteiger partial charge in [0.25, 0.3) is 0 Å². The number of ether oxygens (including phenoxy) is 2. The summed E-state index contributed by atoms with van der Waals surface area (Å²) < 4.78 is 9.44. The Hall–Kier alpha value is -2.61. The molecule has 0 spiro atoms. The molecule has 1 aromatic carbocycles. The number of alkyl carbamates (subject to hydrolysis) is 1. The van der Waals surface area contributed by atoms with Gasteiger partial charge in [-0.1, -0.05) is 6.92 Å². The van der Waals surface area contributed by atoms with E-state index < -0.39 is 18.0 Å². The zero-order valence-corrected chi connectivity index (χ0v) is 14.3. The lowest BCUT2D eigenvalue weighted by Gasteiger charge is -2.25. The van der Waals surface area contributed by atoms with Crippen LogP contribution in [0.3, 0.4) is 0 Å². The predicted molar refractivity (Wildman–Crippen MR) is 88.9 cm³/mol. The van der Waals surface area contributed by atoms with Crippen LogP contribution >= 0.6 is 0 Å². The summed E-state index contributed by atoms with van der Waals surface area (Å²) in [6, 6.07) is 6.26. The summed E-state index contributed by atoms with van der Waals surface area (Å²) in [5.74, 6) is -0.100. The van der Waals surface area contributed by atoms with E-state index in [9.17, 15) is 14.4 Å². The topological polar surface area (TPSA) is 97.0 Å². The monoisotopic (exact) mass is 337 g/mol. The molecule has 0 heterocycles. The first-order chi connectivity index (χ1) is 11.4. The molecule has 0 aliphatic carbocycles. The van der Waals surface area contributed by atoms with Crippen molar-refractivity contribution in [3.8, 4) is 5.75 Å². The minimum absolute atomic E-state index is 0.0122. The molecule has 0 radical (unpaired) electrons. The third-order valence-electron chi connectivity index (χ3n) is 3.46. The van der Waals surface area contributed by atoms with Gasteiger partial charge in [0.05, 0.1) is 26.8 Å². The lowest BCUT2D eigenvalue weighted by atomic mass is 10.2. The Kier molecular flexibility index (Phi) is 7.70. The second-order valence-electron chi connectivity index (χ2n) is 5.00. The van der Waals surface area contributed by atoms with Crippen molar-refractivity contribution in [1.29, 1.82) is 0 Å². The van der Waals surface area contributed by atoms with E-state index in [0.717, 1.165) is 0 Å². The number of benzene rings is 1. The van der Waals surface area contributed by atoms with Crippen LogP contribution < -0.4 is 15.4 Å². The van der Waals surface area contributed by atoms with E-state index >= 15 is 0 Å². The summed E-state index contributed by atoms with van der Waals surface area (Å²) in [7, 11) is 2.74. The van der Waals surface area contributed by atoms with Crippen LogP contribution in [-0.4, -0.2) is 56.2 Å². The number of nitrogens with one attached hydrogen (secondary N) is 2. The second kappa shape index (κ2) is 9.51. The molecule has 0 aliphatic rings. The van der Waals surface area contributed by atoms with Gasteiger partial charge in [-0.05, 0) is 37.7 Å². The number of likely N-dealkylation sites (N-methyl/N-ethyl adjacent to an activating group) is 1. The van der Waals surface area contributed by atoms with Crippen molar-refractivity contribution in [2.24, 2.45) is 0 Å². The maximum atomic E-state index is 12.1. The maximum Gasteiger partial charge on any atom is 0.413 e. The first kappa shape index (κ1) is 19.4. The number of hydrogen-bond acceptors (Lipinski definition) is 6. The molecule has 2 N–H and O–H groups in total. The van der Waals surface area contributed by atoms with E-state index in [2.05, 4.69) is 15.4 Å². The summed E-state index contributed by atoms with van der Waals surface area (Å²) in [5, 5.41) is 4.84. The lowest BCUT2D eigenvalue weighted by molar-refractivity contribution is -0.126. The number of nitrogens with zero attached hydrogens (tertiary/aromatic N) is 1. The van der Waals surface area contributed by atoms with Crippen LogP contribution in [0.25, 0.3) is 0 Å². The smallest absolute Gasteiger partial charge is 0.413 e. The molecule has 1 rings (SSSR count). The molecule has 1 atom stereocenters. The van der Waals surface area contributed by atoms with Gasteiger partial charge in [-0.15, -0.1) is 0 Å². The Balaban J connectivity index is 2.60. The van der Waals surface area contributed by atoms with Crippen molar-refractivity contribution >= 4 is 23.6 Å². The fraction of sp³-hybridized carbons (Fsp3) is 0.438. The molecule has 3 amide bonds. The number of carbonyl (C=O) groups is 3. The van der Waals surface area contributed by atoms with Gasteiger partial charge in [-0.25, -0.2) is 4.79 Å². The van der Waals surface area contributed by atoms with Gasteiger partial charge in [0.2, 0.25) is 11.8 Å². The van der Waals surface area contributed by atoms with Crippen LogP contribution in [0.1, 0.15) is 13.8 Å². The number of amides is 3. The molecule has 0 fully saturated rings. The Morgan fingerprint density at radius 3 is 2.29 bits per heavy atom. The summed E-state index contributed by atoms with van der Waals surface area (Å²) in [6.45, 7) is 3.91. The van der Waals surface area contributed by atoms with Crippen LogP contribution in [-0.2, 0) is 14.3 Å². The Morgan fingerprint density at radius 2 is 1.79 bits per heavy atom. The van der Waals surface area contributed by atoms with Gasteiger partial charge in [0.1, 0.15) is 5.75 Å². The van der Waals surface area contributed by atoms with Crippen molar-refractivity contribution in [2.75, 3.05) is 32.6 Å². The Morgan fingerprint density at radius 1 is 1.17 bits per heavy atom. The average Bonchev–Trinajstić information content (AvgIpc) is 2.59. The first-order valence-electron chi connectivity index (χ1n) is 7.48. The molecule has 132 valence electrons. The van der Waals surface area contributed by atoms with E-state index in [0.29, 0.717) is 18.0 Å². The van der Waals surface area contributed by atoms with E-state index in [4.69, 9.17) is 4.74 Å². The minimum Gasteiger partial charge on any atom is -0.497 e. The molecule has 0 saturated carbocycles. The molecular formula is C16H23N3O5. The van der Waals surface area contributed by atoms with Crippen molar-refractivity contribution in [1.82, 2.24) is 10.2 Å². The summed E-state index contributed by atoms with van der Waals surface area (Å²) in [4.78, 5) is 36.8. The van der Waals surface area contributed by atoms with Gasteiger partial charge in [0.15, 0.2) is 0 Å². The molecule has 0 unspecified atom stereocenters. The number of imide groups is 1. The number of methoxy groups -OCH3 is 2. The van der Waals surface area contributed by atoms with Crippen LogP contribution in [0.2, 0.25) is 0 Å². The highest BCUT2D eigenvalue weighted by Gasteiger charge is 2.23. The van der Waals surface area contributed by atoms with Crippen molar-refractivity contribution < 1.29 is 23.9 Å². The molecule has 0 aromatic heterocycles. The lowest BCUT2D eigenvalue weighted by Crippen LogP contribution is -2.49. The second-order valence-corrected chi connectivity index (χ2v) is 5.00. The average molecular weight is 337 g/mol. The van der Waals surface area contributed by atoms with E-state index in [-0.39, 0.29) is 12.5 Å². The van der Waals surface area contributed by atoms with Gasteiger partial charge in [-0.2, -0.15) is 0 Å². The maximum absolute atomic E-state index is 12.1. The largest absolute Gasteiger partial charge is 0.497 e. The van der Waals surface area contributed by atoms with Crippen LogP contribution in [0.15, 0.2) is 24.3 Å². The Labute approximate surface area is 141 Å². The highest BCUT2D eigenvalue weighted by atomic mass is 16.5. The van der Waals surface area contributed by atoms with Crippen LogP contribution in [0.5, 0.6) is 5.75 Å². The van der Waals surface area contributed by atoms with Gasteiger partial charge >= 0.3 is 6.09 Å². The van der Waals surface area contributed by atoms with Gasteiger partial charge in [-0.3, -0.25) is 19.8 Å². The van der Waals surface area contributed by atoms with E-state index in [1.165, 1.54) is 7.11 Å². The standard InChI is InChI=1S/C16H23N3O5/c1-5-19(11(2)15(21)18-16(22)24-4)10-14(20)17-12-6-8-13(23-3)9-7-12/h6-9,11H,5,10H2,1-4H3,(H,17,20)(H,18,21,22)/t11-/m1/s1. The van der Waals surface area contributed by atoms with Crippen molar-refractivity contribution in [3.63, 3.8) is 0 Å². The number of rotatable bonds is 7. The normalized spacial score (nSPS) is 11.5. The SMILES string of the molecule is CCN(CC(=O)Nc1ccc(OC)cc1)[C@H](C)C(=O)NC(=O)OC. The molecule has 24 heavy (non-hydrogen) atoms. The molecule has 8 heteroatoms. The highest BCUT2D eigenvalue weighted by Crippen LogP contribution is 2.15.